The minimum absolute atomic E-state index is 0.272. The molecule has 0 aliphatic carbocycles. The van der Waals surface area contributed by atoms with Crippen LogP contribution in [0.1, 0.15) is 0 Å². The Morgan fingerprint density at radius 2 is 1.39 bits per heavy atom. The van der Waals surface area contributed by atoms with Gasteiger partial charge in [-0.15, -0.1) is 0 Å². The Morgan fingerprint density at radius 1 is 0.609 bits per heavy atom. The third-order valence-electron chi connectivity index (χ3n) is 3.88. The van der Waals surface area contributed by atoms with E-state index >= 15 is 0 Å². The molecule has 0 spiro atoms. The number of nitrogens with zero attached hydrogens (tertiary/aromatic N) is 2. The molecule has 0 unspecified atom stereocenters. The normalized spacial score (nSPS) is 10.8. The fourth-order valence-electron chi connectivity index (χ4n) is 2.82. The van der Waals surface area contributed by atoms with Gasteiger partial charge in [0.1, 0.15) is 5.82 Å². The van der Waals surface area contributed by atoms with Gasteiger partial charge in [0.25, 0.3) is 0 Å². The Morgan fingerprint density at radius 3 is 2.30 bits per heavy atom. The van der Waals surface area contributed by atoms with Crippen molar-refractivity contribution in [2.24, 2.45) is 0 Å². The number of fused-ring (bicyclic) bond motifs is 1. The monoisotopic (exact) mass is 300 g/mol. The van der Waals surface area contributed by atoms with Gasteiger partial charge in [-0.05, 0) is 35.9 Å². The highest BCUT2D eigenvalue weighted by molar-refractivity contribution is 5.97. The Balaban J connectivity index is 2.02. The van der Waals surface area contributed by atoms with Crippen LogP contribution in [0.25, 0.3) is 33.3 Å². The third kappa shape index (κ3) is 2.36. The largest absolute Gasteiger partial charge is 0.256 e. The molecule has 23 heavy (non-hydrogen) atoms. The number of pyridine rings is 2. The first-order chi connectivity index (χ1) is 11.3. The summed E-state index contributed by atoms with van der Waals surface area (Å²) in [7, 11) is 0. The van der Waals surface area contributed by atoms with Crippen LogP contribution in [-0.2, 0) is 0 Å². The second-order valence-corrected chi connectivity index (χ2v) is 5.26. The van der Waals surface area contributed by atoms with Crippen LogP contribution in [0, 0.1) is 5.82 Å². The number of para-hydroxylation sites is 1. The van der Waals surface area contributed by atoms with E-state index < -0.39 is 0 Å². The SMILES string of the molecule is Fc1ccccc1-c1ncccc1-c1ccnc2ccccc12. The third-order valence-corrected chi connectivity index (χ3v) is 3.88. The van der Waals surface area contributed by atoms with Crippen LogP contribution in [0.5, 0.6) is 0 Å². The maximum atomic E-state index is 14.2. The van der Waals surface area contributed by atoms with E-state index in [2.05, 4.69) is 9.97 Å². The lowest BCUT2D eigenvalue weighted by molar-refractivity contribution is 0.631. The molecule has 2 aromatic heterocycles. The molecule has 2 heterocycles. The average molecular weight is 300 g/mol. The maximum Gasteiger partial charge on any atom is 0.132 e. The summed E-state index contributed by atoms with van der Waals surface area (Å²) < 4.78 is 14.2. The number of rotatable bonds is 2. The van der Waals surface area contributed by atoms with Crippen LogP contribution in [0.4, 0.5) is 4.39 Å². The van der Waals surface area contributed by atoms with Gasteiger partial charge in [0.15, 0.2) is 0 Å². The molecule has 110 valence electrons. The van der Waals surface area contributed by atoms with E-state index in [0.717, 1.165) is 22.0 Å². The van der Waals surface area contributed by atoms with Crippen molar-refractivity contribution in [2.45, 2.75) is 0 Å². The Hall–Kier alpha value is -3.07. The summed E-state index contributed by atoms with van der Waals surface area (Å²) in [5, 5.41) is 1.03. The molecule has 2 nitrogen and oxygen atoms in total. The topological polar surface area (TPSA) is 25.8 Å². The van der Waals surface area contributed by atoms with Crippen molar-refractivity contribution in [3.05, 3.63) is 84.9 Å². The number of halogens is 1. The van der Waals surface area contributed by atoms with Gasteiger partial charge in [-0.25, -0.2) is 4.39 Å². The van der Waals surface area contributed by atoms with Crippen molar-refractivity contribution in [1.82, 2.24) is 9.97 Å². The lowest BCUT2D eigenvalue weighted by atomic mass is 9.96. The van der Waals surface area contributed by atoms with E-state index in [9.17, 15) is 4.39 Å². The summed E-state index contributed by atoms with van der Waals surface area (Å²) in [4.78, 5) is 8.83. The van der Waals surface area contributed by atoms with E-state index in [1.807, 2.05) is 48.5 Å². The summed E-state index contributed by atoms with van der Waals surface area (Å²) in [5.41, 5.74) is 3.96. The predicted molar refractivity (Wildman–Crippen MR) is 90.4 cm³/mol. The highest BCUT2D eigenvalue weighted by atomic mass is 19.1. The minimum Gasteiger partial charge on any atom is -0.256 e. The Kier molecular flexibility index (Phi) is 3.31. The van der Waals surface area contributed by atoms with Crippen molar-refractivity contribution >= 4 is 10.9 Å². The minimum atomic E-state index is -0.272. The lowest BCUT2D eigenvalue weighted by Crippen LogP contribution is -1.93. The van der Waals surface area contributed by atoms with Crippen LogP contribution in [0.15, 0.2) is 79.1 Å². The summed E-state index contributed by atoms with van der Waals surface area (Å²) in [6.45, 7) is 0. The van der Waals surface area contributed by atoms with Gasteiger partial charge in [-0.2, -0.15) is 0 Å². The van der Waals surface area contributed by atoms with E-state index in [4.69, 9.17) is 0 Å². The summed E-state index contributed by atoms with van der Waals surface area (Å²) in [6, 6.07) is 20.4. The Labute approximate surface area is 133 Å². The van der Waals surface area contributed by atoms with Gasteiger partial charge in [0.05, 0.1) is 11.2 Å². The number of hydrogen-bond donors (Lipinski definition) is 0. The van der Waals surface area contributed by atoms with Crippen LogP contribution in [0.2, 0.25) is 0 Å². The molecular formula is C20H13FN2. The molecule has 4 rings (SSSR count). The summed E-state index contributed by atoms with van der Waals surface area (Å²) in [5.74, 6) is -0.272. The smallest absolute Gasteiger partial charge is 0.132 e. The van der Waals surface area contributed by atoms with E-state index in [0.29, 0.717) is 11.3 Å². The second kappa shape index (κ2) is 5.61. The molecule has 0 fully saturated rings. The van der Waals surface area contributed by atoms with Gasteiger partial charge in [-0.3, -0.25) is 9.97 Å². The summed E-state index contributed by atoms with van der Waals surface area (Å²) >= 11 is 0. The van der Waals surface area contributed by atoms with E-state index in [-0.39, 0.29) is 5.82 Å². The molecular weight excluding hydrogens is 287 g/mol. The number of hydrogen-bond acceptors (Lipinski definition) is 2. The molecule has 0 aliphatic rings. The van der Waals surface area contributed by atoms with Crippen molar-refractivity contribution in [1.29, 1.82) is 0 Å². The molecule has 0 amide bonds. The molecule has 2 aromatic carbocycles. The first-order valence-corrected chi connectivity index (χ1v) is 7.38. The Bertz CT molecular complexity index is 990. The zero-order valence-electron chi connectivity index (χ0n) is 12.3. The predicted octanol–water partition coefficient (Wildman–Crippen LogP) is 5.10. The number of aromatic nitrogens is 2. The highest BCUT2D eigenvalue weighted by Gasteiger charge is 2.14. The maximum absolute atomic E-state index is 14.2. The average Bonchev–Trinajstić information content (AvgIpc) is 2.62. The zero-order valence-corrected chi connectivity index (χ0v) is 12.3. The van der Waals surface area contributed by atoms with Crippen LogP contribution in [0.3, 0.4) is 0 Å². The van der Waals surface area contributed by atoms with Gasteiger partial charge >= 0.3 is 0 Å². The van der Waals surface area contributed by atoms with E-state index in [1.54, 1.807) is 24.5 Å². The fourth-order valence-corrected chi connectivity index (χ4v) is 2.82. The molecule has 0 bridgehead atoms. The van der Waals surface area contributed by atoms with Crippen LogP contribution >= 0.6 is 0 Å². The quantitative estimate of drug-likeness (QED) is 0.514. The fraction of sp³-hybridized carbons (Fsp3) is 0. The van der Waals surface area contributed by atoms with Gasteiger partial charge in [0, 0.05) is 28.9 Å². The van der Waals surface area contributed by atoms with Crippen molar-refractivity contribution < 1.29 is 4.39 Å². The van der Waals surface area contributed by atoms with Crippen molar-refractivity contribution in [2.75, 3.05) is 0 Å². The first kappa shape index (κ1) is 13.6. The van der Waals surface area contributed by atoms with Gasteiger partial charge < -0.3 is 0 Å². The molecule has 0 radical (unpaired) electrons. The molecule has 0 N–H and O–H groups in total. The molecule has 0 aliphatic heterocycles. The molecule has 4 aromatic rings. The van der Waals surface area contributed by atoms with Crippen molar-refractivity contribution in [3.8, 4) is 22.4 Å². The summed E-state index contributed by atoms with van der Waals surface area (Å²) in [6.07, 6.45) is 3.46. The zero-order chi connectivity index (χ0) is 15.6. The van der Waals surface area contributed by atoms with Gasteiger partial charge in [0.2, 0.25) is 0 Å². The number of benzene rings is 2. The van der Waals surface area contributed by atoms with E-state index in [1.165, 1.54) is 6.07 Å². The highest BCUT2D eigenvalue weighted by Crippen LogP contribution is 2.34. The van der Waals surface area contributed by atoms with Crippen LogP contribution in [-0.4, -0.2) is 9.97 Å². The molecule has 0 saturated heterocycles. The van der Waals surface area contributed by atoms with Crippen LogP contribution < -0.4 is 0 Å². The molecule has 0 saturated carbocycles. The standard InChI is InChI=1S/C20H13FN2/c21-18-9-3-1-7-17(18)20-16(8-5-12-23-20)14-11-13-22-19-10-4-2-6-15(14)19/h1-13H. The molecule has 0 atom stereocenters. The lowest BCUT2D eigenvalue weighted by Gasteiger charge is -2.11. The first-order valence-electron chi connectivity index (χ1n) is 7.38. The van der Waals surface area contributed by atoms with Crippen molar-refractivity contribution in [3.63, 3.8) is 0 Å². The molecule has 3 heteroatoms. The second-order valence-electron chi connectivity index (χ2n) is 5.26. The van der Waals surface area contributed by atoms with Gasteiger partial charge in [-0.1, -0.05) is 36.4 Å².